The molecule has 0 aromatic heterocycles. The summed E-state index contributed by atoms with van der Waals surface area (Å²) in [5.41, 5.74) is 1.17. The summed E-state index contributed by atoms with van der Waals surface area (Å²) in [5, 5.41) is 9.26. The molecule has 1 atom stereocenters. The SMILES string of the molecule is COc1c(F)cc([C@H](C)CO)cc1B1OCC(C)(C)CO1. The van der Waals surface area contributed by atoms with Crippen molar-refractivity contribution >= 4 is 12.6 Å². The molecule has 1 fully saturated rings. The fourth-order valence-corrected chi connectivity index (χ4v) is 2.29. The van der Waals surface area contributed by atoms with Crippen molar-refractivity contribution in [1.29, 1.82) is 0 Å². The lowest BCUT2D eigenvalue weighted by molar-refractivity contribution is 0.0341. The van der Waals surface area contributed by atoms with Crippen molar-refractivity contribution in [3.8, 4) is 5.75 Å². The fourth-order valence-electron chi connectivity index (χ4n) is 2.29. The molecule has 1 aromatic rings. The minimum atomic E-state index is -0.645. The molecule has 1 heterocycles. The number of ether oxygens (including phenoxy) is 1. The summed E-state index contributed by atoms with van der Waals surface area (Å²) in [6.07, 6.45) is 0. The zero-order valence-electron chi connectivity index (χ0n) is 13.0. The van der Waals surface area contributed by atoms with Crippen LogP contribution in [-0.4, -0.2) is 39.2 Å². The Bertz CT molecular complexity index is 497. The van der Waals surface area contributed by atoms with Gasteiger partial charge in [-0.1, -0.05) is 26.8 Å². The molecule has 0 saturated carbocycles. The van der Waals surface area contributed by atoms with Gasteiger partial charge in [-0.15, -0.1) is 0 Å². The van der Waals surface area contributed by atoms with E-state index in [1.165, 1.54) is 13.2 Å². The van der Waals surface area contributed by atoms with Crippen molar-refractivity contribution in [2.75, 3.05) is 26.9 Å². The van der Waals surface area contributed by atoms with Crippen molar-refractivity contribution in [2.24, 2.45) is 5.41 Å². The summed E-state index contributed by atoms with van der Waals surface area (Å²) in [6.45, 7) is 6.93. The summed E-state index contributed by atoms with van der Waals surface area (Å²) in [5.74, 6) is -0.500. The van der Waals surface area contributed by atoms with E-state index in [-0.39, 0.29) is 23.7 Å². The van der Waals surface area contributed by atoms with E-state index in [0.717, 1.165) is 0 Å². The number of halogens is 1. The first-order chi connectivity index (χ1) is 9.88. The second kappa shape index (κ2) is 6.34. The molecular weight excluding hydrogens is 274 g/mol. The quantitative estimate of drug-likeness (QED) is 0.859. The van der Waals surface area contributed by atoms with Crippen LogP contribution in [0.25, 0.3) is 0 Å². The van der Waals surface area contributed by atoms with Crippen molar-refractivity contribution in [2.45, 2.75) is 26.7 Å². The monoisotopic (exact) mass is 296 g/mol. The predicted octanol–water partition coefficient (Wildman–Crippen LogP) is 1.70. The van der Waals surface area contributed by atoms with E-state index < -0.39 is 12.9 Å². The molecule has 0 aliphatic carbocycles. The standard InChI is InChI=1S/C15H22BFO4/c1-10(7-18)11-5-12(14(19-4)13(17)6-11)16-20-8-15(2,3)9-21-16/h5-6,10,18H,7-9H2,1-4H3/t10-/m1/s1. The molecule has 1 aliphatic heterocycles. The van der Waals surface area contributed by atoms with Gasteiger partial charge in [-0.3, -0.25) is 0 Å². The maximum Gasteiger partial charge on any atom is 0.497 e. The Morgan fingerprint density at radius 1 is 1.38 bits per heavy atom. The Labute approximate surface area is 125 Å². The van der Waals surface area contributed by atoms with Gasteiger partial charge in [0.2, 0.25) is 0 Å². The van der Waals surface area contributed by atoms with Crippen LogP contribution in [0.3, 0.4) is 0 Å². The number of rotatable bonds is 4. The zero-order valence-corrected chi connectivity index (χ0v) is 13.0. The number of aliphatic hydroxyl groups excluding tert-OH is 1. The lowest BCUT2D eigenvalue weighted by Gasteiger charge is -2.33. The largest absolute Gasteiger partial charge is 0.497 e. The molecule has 1 aliphatic rings. The first kappa shape index (κ1) is 16.3. The van der Waals surface area contributed by atoms with Crippen LogP contribution in [0.15, 0.2) is 12.1 Å². The fraction of sp³-hybridized carbons (Fsp3) is 0.600. The number of aliphatic hydroxyl groups is 1. The third-order valence-corrected chi connectivity index (χ3v) is 3.65. The summed E-state index contributed by atoms with van der Waals surface area (Å²) < 4.78 is 30.8. The smallest absolute Gasteiger partial charge is 0.494 e. The number of hydrogen-bond acceptors (Lipinski definition) is 4. The summed E-state index contributed by atoms with van der Waals surface area (Å²) in [7, 11) is 0.775. The lowest BCUT2D eigenvalue weighted by atomic mass is 9.74. The molecule has 0 amide bonds. The van der Waals surface area contributed by atoms with Crippen molar-refractivity contribution in [3.05, 3.63) is 23.5 Å². The first-order valence-corrected chi connectivity index (χ1v) is 7.09. The Kier molecular flexibility index (Phi) is 4.91. The maximum absolute atomic E-state index is 14.2. The Morgan fingerprint density at radius 2 is 2.00 bits per heavy atom. The third kappa shape index (κ3) is 3.57. The first-order valence-electron chi connectivity index (χ1n) is 7.09. The van der Waals surface area contributed by atoms with E-state index in [1.54, 1.807) is 6.07 Å². The van der Waals surface area contributed by atoms with Gasteiger partial charge >= 0.3 is 7.12 Å². The van der Waals surface area contributed by atoms with Gasteiger partial charge in [0.15, 0.2) is 11.6 Å². The van der Waals surface area contributed by atoms with Gasteiger partial charge in [0.25, 0.3) is 0 Å². The van der Waals surface area contributed by atoms with Crippen LogP contribution in [0.2, 0.25) is 0 Å². The van der Waals surface area contributed by atoms with Gasteiger partial charge in [0.1, 0.15) is 0 Å². The average molecular weight is 296 g/mol. The highest BCUT2D eigenvalue weighted by molar-refractivity contribution is 6.62. The van der Waals surface area contributed by atoms with E-state index in [9.17, 15) is 9.50 Å². The molecule has 6 heteroatoms. The van der Waals surface area contributed by atoms with E-state index in [2.05, 4.69) is 0 Å². The summed E-state index contributed by atoms with van der Waals surface area (Å²) in [6, 6.07) is 3.17. The van der Waals surface area contributed by atoms with E-state index in [4.69, 9.17) is 14.0 Å². The number of benzene rings is 1. The van der Waals surface area contributed by atoms with Crippen LogP contribution >= 0.6 is 0 Å². The minimum absolute atomic E-state index is 0.0510. The molecule has 21 heavy (non-hydrogen) atoms. The maximum atomic E-state index is 14.2. The highest BCUT2D eigenvalue weighted by Gasteiger charge is 2.36. The number of methoxy groups -OCH3 is 1. The van der Waals surface area contributed by atoms with Crippen LogP contribution in [-0.2, 0) is 9.31 Å². The third-order valence-electron chi connectivity index (χ3n) is 3.65. The molecule has 0 radical (unpaired) electrons. The van der Waals surface area contributed by atoms with Crippen molar-refractivity contribution in [3.63, 3.8) is 0 Å². The molecule has 1 saturated heterocycles. The molecule has 0 bridgehead atoms. The van der Waals surface area contributed by atoms with Crippen LogP contribution in [0.4, 0.5) is 4.39 Å². The highest BCUT2D eigenvalue weighted by Crippen LogP contribution is 2.26. The van der Waals surface area contributed by atoms with Gasteiger partial charge < -0.3 is 19.2 Å². The van der Waals surface area contributed by atoms with E-state index in [0.29, 0.717) is 24.2 Å². The normalized spacial score (nSPS) is 19.4. The lowest BCUT2D eigenvalue weighted by Crippen LogP contribution is -2.48. The zero-order chi connectivity index (χ0) is 15.6. The highest BCUT2D eigenvalue weighted by atomic mass is 19.1. The number of hydrogen-bond donors (Lipinski definition) is 1. The van der Waals surface area contributed by atoms with E-state index in [1.807, 2.05) is 20.8 Å². The van der Waals surface area contributed by atoms with Gasteiger partial charge in [0.05, 0.1) is 7.11 Å². The molecule has 2 rings (SSSR count). The van der Waals surface area contributed by atoms with Crippen molar-refractivity contribution in [1.82, 2.24) is 0 Å². The average Bonchev–Trinajstić information content (AvgIpc) is 2.45. The van der Waals surface area contributed by atoms with Gasteiger partial charge in [-0.2, -0.15) is 0 Å². The van der Waals surface area contributed by atoms with Crippen molar-refractivity contribution < 1.29 is 23.5 Å². The van der Waals surface area contributed by atoms with E-state index >= 15 is 0 Å². The van der Waals surface area contributed by atoms with Gasteiger partial charge in [-0.05, 0) is 11.6 Å². The molecule has 0 spiro atoms. The van der Waals surface area contributed by atoms with Crippen LogP contribution < -0.4 is 10.2 Å². The molecular formula is C15H22BFO4. The van der Waals surface area contributed by atoms with Gasteiger partial charge in [0, 0.05) is 36.6 Å². The van der Waals surface area contributed by atoms with Crippen LogP contribution in [0.1, 0.15) is 32.3 Å². The molecule has 116 valence electrons. The Balaban J connectivity index is 2.34. The predicted molar refractivity (Wildman–Crippen MR) is 79.5 cm³/mol. The summed E-state index contributed by atoms with van der Waals surface area (Å²) in [4.78, 5) is 0. The molecule has 0 unspecified atom stereocenters. The second-order valence-corrected chi connectivity index (χ2v) is 6.33. The van der Waals surface area contributed by atoms with Crippen LogP contribution in [0.5, 0.6) is 5.75 Å². The molecule has 1 N–H and O–H groups in total. The Morgan fingerprint density at radius 3 is 2.52 bits per heavy atom. The molecule has 4 nitrogen and oxygen atoms in total. The second-order valence-electron chi connectivity index (χ2n) is 6.33. The minimum Gasteiger partial charge on any atom is -0.494 e. The van der Waals surface area contributed by atoms with Gasteiger partial charge in [-0.25, -0.2) is 4.39 Å². The Hall–Kier alpha value is -1.11. The van der Waals surface area contributed by atoms with Crippen LogP contribution in [0, 0.1) is 11.2 Å². The summed E-state index contributed by atoms with van der Waals surface area (Å²) >= 11 is 0. The molecule has 1 aromatic carbocycles. The topological polar surface area (TPSA) is 47.9 Å².